The lowest BCUT2D eigenvalue weighted by Crippen LogP contribution is -2.37. The number of fused-ring (bicyclic) bond motifs is 1. The van der Waals surface area contributed by atoms with E-state index >= 15 is 0 Å². The zero-order valence-electron chi connectivity index (χ0n) is 14.7. The molecule has 0 amide bonds. The molecule has 1 saturated heterocycles. The Morgan fingerprint density at radius 3 is 3.00 bits per heavy atom. The maximum atomic E-state index is 12.4. The van der Waals surface area contributed by atoms with Gasteiger partial charge < -0.3 is 15.2 Å². The molecule has 0 saturated carbocycles. The first-order valence-corrected chi connectivity index (χ1v) is 9.13. The summed E-state index contributed by atoms with van der Waals surface area (Å²) in [5.41, 5.74) is 1.85. The number of hydrogen-bond donors (Lipinski definition) is 2. The van der Waals surface area contributed by atoms with Crippen molar-refractivity contribution in [2.45, 2.75) is 19.3 Å². The number of nitrogens with zero attached hydrogens (tertiary/aromatic N) is 3. The third-order valence-corrected chi connectivity index (χ3v) is 4.93. The Kier molecular flexibility index (Phi) is 4.82. The number of benzene rings is 1. The third-order valence-electron chi connectivity index (χ3n) is 4.93. The molecule has 4 rings (SSSR count). The molecule has 0 bridgehead atoms. The van der Waals surface area contributed by atoms with Crippen LogP contribution >= 0.6 is 0 Å². The molecule has 3 aromatic rings. The van der Waals surface area contributed by atoms with Crippen molar-refractivity contribution in [1.82, 2.24) is 15.0 Å². The van der Waals surface area contributed by atoms with E-state index in [0.717, 1.165) is 48.5 Å². The molecule has 2 N–H and O–H groups in total. The SMILES string of the molecule is O=C(CNc1ccccc1)C[C@H]1CCCN(c2ncnc3[nH]ccc23)C1. The number of aromatic nitrogens is 3. The van der Waals surface area contributed by atoms with E-state index in [-0.39, 0.29) is 5.78 Å². The molecule has 1 aliphatic heterocycles. The van der Waals surface area contributed by atoms with Gasteiger partial charge in [-0.05, 0) is 37.0 Å². The van der Waals surface area contributed by atoms with Gasteiger partial charge >= 0.3 is 0 Å². The van der Waals surface area contributed by atoms with Crippen molar-refractivity contribution in [3.63, 3.8) is 0 Å². The first-order valence-electron chi connectivity index (χ1n) is 9.13. The van der Waals surface area contributed by atoms with Crippen LogP contribution in [0.15, 0.2) is 48.9 Å². The number of ketones is 1. The Bertz CT molecular complexity index is 876. The number of Topliss-reactive ketones (excluding diaryl/α,β-unsaturated/α-hetero) is 1. The molecule has 1 aliphatic rings. The van der Waals surface area contributed by atoms with Crippen LogP contribution in [0.3, 0.4) is 0 Å². The molecule has 6 heteroatoms. The molecule has 1 aromatic carbocycles. The van der Waals surface area contributed by atoms with Gasteiger partial charge in [-0.25, -0.2) is 9.97 Å². The molecule has 0 radical (unpaired) electrons. The van der Waals surface area contributed by atoms with E-state index in [1.165, 1.54) is 0 Å². The van der Waals surface area contributed by atoms with E-state index in [1.54, 1.807) is 6.33 Å². The summed E-state index contributed by atoms with van der Waals surface area (Å²) in [6.07, 6.45) is 6.28. The van der Waals surface area contributed by atoms with Crippen LogP contribution in [0.4, 0.5) is 11.5 Å². The van der Waals surface area contributed by atoms with Crippen LogP contribution < -0.4 is 10.2 Å². The van der Waals surface area contributed by atoms with Gasteiger partial charge in [0.25, 0.3) is 0 Å². The lowest BCUT2D eigenvalue weighted by Gasteiger charge is -2.33. The summed E-state index contributed by atoms with van der Waals surface area (Å²) in [5.74, 6) is 1.60. The molecule has 6 nitrogen and oxygen atoms in total. The third kappa shape index (κ3) is 3.69. The highest BCUT2D eigenvalue weighted by molar-refractivity contribution is 5.87. The summed E-state index contributed by atoms with van der Waals surface area (Å²) < 4.78 is 0. The molecule has 134 valence electrons. The van der Waals surface area contributed by atoms with E-state index in [9.17, 15) is 4.79 Å². The highest BCUT2D eigenvalue weighted by Gasteiger charge is 2.24. The minimum absolute atomic E-state index is 0.259. The lowest BCUT2D eigenvalue weighted by atomic mass is 9.92. The molecular formula is C20H23N5O. The summed E-state index contributed by atoms with van der Waals surface area (Å²) in [5, 5.41) is 4.26. The van der Waals surface area contributed by atoms with Gasteiger partial charge in [-0.2, -0.15) is 0 Å². The number of piperidine rings is 1. The topological polar surface area (TPSA) is 73.9 Å². The van der Waals surface area contributed by atoms with Gasteiger partial charge in [0.05, 0.1) is 11.9 Å². The summed E-state index contributed by atoms with van der Waals surface area (Å²) in [4.78, 5) is 26.6. The van der Waals surface area contributed by atoms with Crippen molar-refractivity contribution >= 4 is 28.3 Å². The maximum absolute atomic E-state index is 12.4. The number of anilines is 2. The molecule has 0 spiro atoms. The molecule has 0 unspecified atom stereocenters. The van der Waals surface area contributed by atoms with E-state index in [4.69, 9.17) is 0 Å². The van der Waals surface area contributed by atoms with Gasteiger partial charge in [0.1, 0.15) is 17.8 Å². The van der Waals surface area contributed by atoms with Crippen LogP contribution in [0.25, 0.3) is 11.0 Å². The van der Waals surface area contributed by atoms with E-state index in [2.05, 4.69) is 25.2 Å². The quantitative estimate of drug-likeness (QED) is 0.715. The van der Waals surface area contributed by atoms with Crippen molar-refractivity contribution < 1.29 is 4.79 Å². The molecule has 2 aromatic heterocycles. The van der Waals surface area contributed by atoms with E-state index < -0.39 is 0 Å². The van der Waals surface area contributed by atoms with Gasteiger partial charge in [-0.1, -0.05) is 18.2 Å². The normalized spacial score (nSPS) is 17.4. The van der Waals surface area contributed by atoms with Crippen LogP contribution in [0.1, 0.15) is 19.3 Å². The maximum Gasteiger partial charge on any atom is 0.152 e. The van der Waals surface area contributed by atoms with Gasteiger partial charge in [0.15, 0.2) is 5.78 Å². The molecule has 26 heavy (non-hydrogen) atoms. The van der Waals surface area contributed by atoms with Crippen LogP contribution in [-0.2, 0) is 4.79 Å². The Morgan fingerprint density at radius 1 is 1.23 bits per heavy atom. The second kappa shape index (κ2) is 7.56. The van der Waals surface area contributed by atoms with Crippen molar-refractivity contribution in [3.05, 3.63) is 48.9 Å². The predicted octanol–water partition coefficient (Wildman–Crippen LogP) is 3.25. The van der Waals surface area contributed by atoms with Gasteiger partial charge in [0.2, 0.25) is 0 Å². The first-order chi connectivity index (χ1) is 12.8. The molecule has 1 fully saturated rings. The van der Waals surface area contributed by atoms with Gasteiger partial charge in [-0.3, -0.25) is 4.79 Å². The van der Waals surface area contributed by atoms with Crippen LogP contribution in [0.2, 0.25) is 0 Å². The van der Waals surface area contributed by atoms with Crippen molar-refractivity contribution in [3.8, 4) is 0 Å². The average Bonchev–Trinajstić information content (AvgIpc) is 3.16. The van der Waals surface area contributed by atoms with E-state index in [0.29, 0.717) is 18.9 Å². The lowest BCUT2D eigenvalue weighted by molar-refractivity contribution is -0.118. The Labute approximate surface area is 152 Å². The molecule has 3 heterocycles. The highest BCUT2D eigenvalue weighted by Crippen LogP contribution is 2.28. The number of hydrogen-bond acceptors (Lipinski definition) is 5. The first kappa shape index (κ1) is 16.6. The van der Waals surface area contributed by atoms with Crippen LogP contribution in [-0.4, -0.2) is 40.4 Å². The fourth-order valence-electron chi connectivity index (χ4n) is 3.69. The van der Waals surface area contributed by atoms with Crippen LogP contribution in [0, 0.1) is 5.92 Å². The minimum Gasteiger partial charge on any atom is -0.378 e. The average molecular weight is 349 g/mol. The monoisotopic (exact) mass is 349 g/mol. The van der Waals surface area contributed by atoms with Crippen molar-refractivity contribution in [2.24, 2.45) is 5.92 Å². The predicted molar refractivity (Wildman–Crippen MR) is 103 cm³/mol. The summed E-state index contributed by atoms with van der Waals surface area (Å²) in [6.45, 7) is 2.23. The van der Waals surface area contributed by atoms with Gasteiger partial charge in [0, 0.05) is 31.4 Å². The smallest absolute Gasteiger partial charge is 0.152 e. The zero-order valence-corrected chi connectivity index (χ0v) is 14.7. The second-order valence-electron chi connectivity index (χ2n) is 6.85. The fraction of sp³-hybridized carbons (Fsp3) is 0.350. The number of para-hydroxylation sites is 1. The fourth-order valence-corrected chi connectivity index (χ4v) is 3.69. The van der Waals surface area contributed by atoms with Gasteiger partial charge in [-0.15, -0.1) is 0 Å². The molecule has 0 aliphatic carbocycles. The molecular weight excluding hydrogens is 326 g/mol. The number of aromatic amines is 1. The van der Waals surface area contributed by atoms with Crippen molar-refractivity contribution in [1.29, 1.82) is 0 Å². The van der Waals surface area contributed by atoms with Crippen molar-refractivity contribution in [2.75, 3.05) is 29.9 Å². The van der Waals surface area contributed by atoms with E-state index in [1.807, 2.05) is 42.6 Å². The summed E-state index contributed by atoms with van der Waals surface area (Å²) in [6, 6.07) is 11.9. The number of carbonyl (C=O) groups excluding carboxylic acids is 1. The Hall–Kier alpha value is -2.89. The van der Waals surface area contributed by atoms with Crippen LogP contribution in [0.5, 0.6) is 0 Å². The minimum atomic E-state index is 0.259. The standard InChI is InChI=1S/C20H23N5O/c26-17(12-22-16-6-2-1-3-7-16)11-15-5-4-10-25(13-15)20-18-8-9-21-19(18)23-14-24-20/h1-3,6-9,14-15,22H,4-5,10-13H2,(H,21,23,24)/t15-/m1/s1. The second-order valence-corrected chi connectivity index (χ2v) is 6.85. The number of rotatable bonds is 6. The molecule has 1 atom stereocenters. The number of nitrogens with one attached hydrogen (secondary N) is 2. The largest absolute Gasteiger partial charge is 0.378 e. The Balaban J connectivity index is 1.36. The Morgan fingerprint density at radius 2 is 2.12 bits per heavy atom. The summed E-state index contributed by atoms with van der Waals surface area (Å²) in [7, 11) is 0. The summed E-state index contributed by atoms with van der Waals surface area (Å²) >= 11 is 0. The zero-order chi connectivity index (χ0) is 17.8. The number of carbonyl (C=O) groups is 1. The highest BCUT2D eigenvalue weighted by atomic mass is 16.1. The number of H-pyrrole nitrogens is 1.